The van der Waals surface area contributed by atoms with Gasteiger partial charge in [-0.05, 0) is 26.2 Å². The van der Waals surface area contributed by atoms with E-state index in [0.29, 0.717) is 23.0 Å². The standard InChI is InChI=1S/C14H20N2O4S/c1-3-7-20-11-5-4-6-15(9-11)14-12(16(18)19)8-13(21-14)10(2)17/h8,11H,3-7,9H2,1-2H3. The average Bonchev–Trinajstić information content (AvgIpc) is 2.91. The van der Waals surface area contributed by atoms with Crippen LogP contribution in [0.3, 0.4) is 0 Å². The Morgan fingerprint density at radius 1 is 1.62 bits per heavy atom. The highest BCUT2D eigenvalue weighted by Gasteiger charge is 2.29. The molecule has 21 heavy (non-hydrogen) atoms. The molecule has 1 saturated heterocycles. The van der Waals surface area contributed by atoms with Gasteiger partial charge in [0.2, 0.25) is 0 Å². The van der Waals surface area contributed by atoms with E-state index < -0.39 is 4.92 Å². The molecule has 0 aromatic carbocycles. The first-order valence-corrected chi connectivity index (χ1v) is 8.00. The minimum absolute atomic E-state index is 0.0290. The molecule has 1 atom stereocenters. The van der Waals surface area contributed by atoms with Crippen LogP contribution in [0.25, 0.3) is 0 Å². The first kappa shape index (κ1) is 15.9. The second-order valence-corrected chi connectivity index (χ2v) is 6.23. The van der Waals surface area contributed by atoms with Crippen LogP contribution in [0.15, 0.2) is 6.07 Å². The van der Waals surface area contributed by atoms with E-state index in [1.807, 2.05) is 4.90 Å². The number of nitro groups is 1. The van der Waals surface area contributed by atoms with E-state index >= 15 is 0 Å². The molecule has 6 nitrogen and oxygen atoms in total. The summed E-state index contributed by atoms with van der Waals surface area (Å²) in [5.41, 5.74) is 0.0290. The van der Waals surface area contributed by atoms with Crippen LogP contribution in [0.2, 0.25) is 0 Å². The van der Waals surface area contributed by atoms with E-state index in [1.54, 1.807) is 0 Å². The normalized spacial score (nSPS) is 18.8. The number of anilines is 1. The topological polar surface area (TPSA) is 72.7 Å². The number of nitrogens with zero attached hydrogens (tertiary/aromatic N) is 2. The van der Waals surface area contributed by atoms with Crippen LogP contribution < -0.4 is 4.90 Å². The number of carbonyl (C=O) groups excluding carboxylic acids is 1. The second-order valence-electron chi connectivity index (χ2n) is 5.20. The van der Waals surface area contributed by atoms with Gasteiger partial charge in [-0.1, -0.05) is 6.92 Å². The Morgan fingerprint density at radius 3 is 3.00 bits per heavy atom. The lowest BCUT2D eigenvalue weighted by Gasteiger charge is -2.32. The highest BCUT2D eigenvalue weighted by molar-refractivity contribution is 7.18. The van der Waals surface area contributed by atoms with Crippen molar-refractivity contribution in [2.45, 2.75) is 39.2 Å². The van der Waals surface area contributed by atoms with Crippen LogP contribution in [0.1, 0.15) is 42.8 Å². The van der Waals surface area contributed by atoms with Gasteiger partial charge in [-0.25, -0.2) is 0 Å². The van der Waals surface area contributed by atoms with Gasteiger partial charge in [-0.15, -0.1) is 11.3 Å². The van der Waals surface area contributed by atoms with Gasteiger partial charge in [0.05, 0.1) is 15.9 Å². The van der Waals surface area contributed by atoms with Crippen LogP contribution >= 0.6 is 11.3 Å². The maximum atomic E-state index is 11.5. The molecule has 0 aliphatic carbocycles. The van der Waals surface area contributed by atoms with Crippen molar-refractivity contribution in [3.8, 4) is 0 Å². The molecule has 0 amide bonds. The molecular formula is C14H20N2O4S. The largest absolute Gasteiger partial charge is 0.376 e. The number of ketones is 1. The number of piperidine rings is 1. The minimum Gasteiger partial charge on any atom is -0.376 e. The Balaban J connectivity index is 2.19. The van der Waals surface area contributed by atoms with Gasteiger partial charge in [-0.3, -0.25) is 14.9 Å². The van der Waals surface area contributed by atoms with E-state index in [9.17, 15) is 14.9 Å². The Morgan fingerprint density at radius 2 is 2.38 bits per heavy atom. The van der Waals surface area contributed by atoms with Gasteiger partial charge in [0.1, 0.15) is 0 Å². The smallest absolute Gasteiger partial charge is 0.304 e. The van der Waals surface area contributed by atoms with Crippen molar-refractivity contribution in [2.75, 3.05) is 24.6 Å². The molecule has 0 radical (unpaired) electrons. The minimum atomic E-state index is -0.408. The quantitative estimate of drug-likeness (QED) is 0.458. The third-order valence-corrected chi connectivity index (χ3v) is 4.75. The summed E-state index contributed by atoms with van der Waals surface area (Å²) in [6.07, 6.45) is 3.00. The molecule has 2 heterocycles. The Hall–Kier alpha value is -1.47. The van der Waals surface area contributed by atoms with Gasteiger partial charge >= 0.3 is 5.69 Å². The third-order valence-electron chi connectivity index (χ3n) is 3.46. The lowest BCUT2D eigenvalue weighted by atomic mass is 10.1. The molecule has 0 N–H and O–H groups in total. The summed E-state index contributed by atoms with van der Waals surface area (Å²) < 4.78 is 5.76. The molecule has 0 spiro atoms. The molecule has 0 bridgehead atoms. The zero-order valence-corrected chi connectivity index (χ0v) is 13.1. The van der Waals surface area contributed by atoms with Gasteiger partial charge in [0.15, 0.2) is 10.8 Å². The molecular weight excluding hydrogens is 292 g/mol. The lowest BCUT2D eigenvalue weighted by Crippen LogP contribution is -2.39. The number of hydrogen-bond acceptors (Lipinski definition) is 6. The molecule has 116 valence electrons. The van der Waals surface area contributed by atoms with Crippen LogP contribution in [0.5, 0.6) is 0 Å². The summed E-state index contributed by atoms with van der Waals surface area (Å²) in [5, 5.41) is 11.8. The first-order valence-electron chi connectivity index (χ1n) is 7.18. The molecule has 1 aliphatic heterocycles. The van der Waals surface area contributed by atoms with Gasteiger partial charge < -0.3 is 9.64 Å². The third kappa shape index (κ3) is 3.79. The lowest BCUT2D eigenvalue weighted by molar-refractivity contribution is -0.383. The summed E-state index contributed by atoms with van der Waals surface area (Å²) in [7, 11) is 0. The molecule has 1 unspecified atom stereocenters. The molecule has 7 heteroatoms. The van der Waals surface area contributed by atoms with Gasteiger partial charge in [0, 0.05) is 25.8 Å². The predicted molar refractivity (Wildman–Crippen MR) is 82.5 cm³/mol. The van der Waals surface area contributed by atoms with E-state index in [0.717, 1.165) is 25.8 Å². The van der Waals surface area contributed by atoms with Crippen LogP contribution in [0.4, 0.5) is 10.7 Å². The molecule has 1 aromatic heterocycles. The maximum absolute atomic E-state index is 11.5. The molecule has 1 fully saturated rings. The summed E-state index contributed by atoms with van der Waals surface area (Å²) in [5.74, 6) is -0.134. The number of carbonyl (C=O) groups is 1. The highest BCUT2D eigenvalue weighted by Crippen LogP contribution is 2.39. The van der Waals surface area contributed by atoms with E-state index in [2.05, 4.69) is 6.92 Å². The van der Waals surface area contributed by atoms with E-state index in [1.165, 1.54) is 24.3 Å². The number of hydrogen-bond donors (Lipinski definition) is 0. The number of ether oxygens (including phenoxy) is 1. The predicted octanol–water partition coefficient (Wildman–Crippen LogP) is 3.25. The van der Waals surface area contributed by atoms with Crippen LogP contribution in [-0.2, 0) is 4.74 Å². The molecule has 2 rings (SSSR count). The van der Waals surface area contributed by atoms with Crippen molar-refractivity contribution >= 4 is 27.8 Å². The van der Waals surface area contributed by atoms with E-state index in [-0.39, 0.29) is 17.6 Å². The zero-order chi connectivity index (χ0) is 15.4. The summed E-state index contributed by atoms with van der Waals surface area (Å²) in [4.78, 5) is 24.7. The van der Waals surface area contributed by atoms with Crippen molar-refractivity contribution < 1.29 is 14.5 Å². The summed E-state index contributed by atoms with van der Waals surface area (Å²) in [6, 6.07) is 1.39. The van der Waals surface area contributed by atoms with Gasteiger partial charge in [-0.2, -0.15) is 0 Å². The van der Waals surface area contributed by atoms with Gasteiger partial charge in [0.25, 0.3) is 0 Å². The Kier molecular flexibility index (Phi) is 5.30. The van der Waals surface area contributed by atoms with Crippen molar-refractivity contribution in [1.29, 1.82) is 0 Å². The zero-order valence-electron chi connectivity index (χ0n) is 12.3. The number of Topliss-reactive ketones (excluding diaryl/α,β-unsaturated/α-hetero) is 1. The Bertz CT molecular complexity index is 529. The number of thiophene rings is 1. The van der Waals surface area contributed by atoms with Crippen molar-refractivity contribution in [3.63, 3.8) is 0 Å². The van der Waals surface area contributed by atoms with Crippen molar-refractivity contribution in [1.82, 2.24) is 0 Å². The molecule has 1 aromatic rings. The first-order chi connectivity index (χ1) is 10.0. The summed E-state index contributed by atoms with van der Waals surface area (Å²) in [6.45, 7) is 5.62. The summed E-state index contributed by atoms with van der Waals surface area (Å²) >= 11 is 1.21. The average molecular weight is 312 g/mol. The van der Waals surface area contributed by atoms with Crippen molar-refractivity contribution in [3.05, 3.63) is 21.1 Å². The number of rotatable bonds is 6. The second kappa shape index (κ2) is 7.00. The fourth-order valence-electron chi connectivity index (χ4n) is 2.45. The van der Waals surface area contributed by atoms with Crippen molar-refractivity contribution in [2.24, 2.45) is 0 Å². The maximum Gasteiger partial charge on any atom is 0.304 e. The Labute approximate surface area is 127 Å². The molecule has 0 saturated carbocycles. The van der Waals surface area contributed by atoms with Crippen LogP contribution in [0, 0.1) is 10.1 Å². The monoisotopic (exact) mass is 312 g/mol. The highest BCUT2D eigenvalue weighted by atomic mass is 32.1. The fourth-order valence-corrected chi connectivity index (χ4v) is 3.50. The fraction of sp³-hybridized carbons (Fsp3) is 0.643. The van der Waals surface area contributed by atoms with Crippen LogP contribution in [-0.4, -0.2) is 36.5 Å². The molecule has 1 aliphatic rings. The van der Waals surface area contributed by atoms with E-state index in [4.69, 9.17) is 4.74 Å². The SMILES string of the molecule is CCCOC1CCCN(c2sc(C(C)=O)cc2[N+](=O)[O-])C1.